The number of hydrogen-bond donors (Lipinski definition) is 0. The van der Waals surface area contributed by atoms with Crippen molar-refractivity contribution < 1.29 is 4.74 Å². The Labute approximate surface area is 76.6 Å². The van der Waals surface area contributed by atoms with Crippen molar-refractivity contribution in [1.29, 1.82) is 0 Å². The monoisotopic (exact) mass is 177 g/mol. The zero-order chi connectivity index (χ0) is 8.73. The summed E-state index contributed by atoms with van der Waals surface area (Å²) in [5, 5.41) is 0. The third kappa shape index (κ3) is 1.02. The van der Waals surface area contributed by atoms with Gasteiger partial charge in [-0.25, -0.2) is 9.97 Å². The Morgan fingerprint density at radius 2 is 2.00 bits per heavy atom. The maximum absolute atomic E-state index is 5.51. The molecule has 0 aliphatic carbocycles. The van der Waals surface area contributed by atoms with Crippen LogP contribution in [0.5, 0.6) is 0 Å². The Hall–Kier alpha value is -1.16. The first kappa shape index (κ1) is 7.26. The fourth-order valence-corrected chi connectivity index (χ4v) is 1.89. The first-order valence-electron chi connectivity index (χ1n) is 4.54. The highest BCUT2D eigenvalue weighted by Gasteiger charge is 2.49. The van der Waals surface area contributed by atoms with Crippen LogP contribution in [0.3, 0.4) is 0 Å². The van der Waals surface area contributed by atoms with Crippen molar-refractivity contribution in [2.24, 2.45) is 0 Å². The largest absolute Gasteiger partial charge is 0.371 e. The number of hydrogen-bond acceptors (Lipinski definition) is 4. The summed E-state index contributed by atoms with van der Waals surface area (Å²) in [6.07, 6.45) is 4.74. The van der Waals surface area contributed by atoms with Crippen molar-refractivity contribution in [1.82, 2.24) is 9.97 Å². The molecule has 2 fully saturated rings. The molecule has 1 spiro atoms. The van der Waals surface area contributed by atoms with Crippen LogP contribution in [0.4, 0.5) is 5.95 Å². The van der Waals surface area contributed by atoms with Gasteiger partial charge in [-0.1, -0.05) is 0 Å². The van der Waals surface area contributed by atoms with Crippen molar-refractivity contribution in [3.8, 4) is 0 Å². The fourth-order valence-electron chi connectivity index (χ4n) is 1.89. The molecule has 0 saturated carbocycles. The fraction of sp³-hybridized carbons (Fsp3) is 0.556. The van der Waals surface area contributed by atoms with E-state index in [4.69, 9.17) is 4.74 Å². The minimum atomic E-state index is 0.166. The second-order valence-electron chi connectivity index (χ2n) is 3.69. The quantitative estimate of drug-likeness (QED) is 0.624. The molecule has 0 aromatic carbocycles. The summed E-state index contributed by atoms with van der Waals surface area (Å²) in [5.74, 6) is 0.823. The average molecular weight is 177 g/mol. The van der Waals surface area contributed by atoms with Gasteiger partial charge >= 0.3 is 0 Å². The third-order valence-electron chi connectivity index (χ3n) is 2.76. The molecular weight excluding hydrogens is 166 g/mol. The van der Waals surface area contributed by atoms with Crippen LogP contribution in [0, 0.1) is 0 Å². The van der Waals surface area contributed by atoms with Crippen LogP contribution in [-0.4, -0.2) is 35.3 Å². The molecule has 0 radical (unpaired) electrons. The van der Waals surface area contributed by atoms with E-state index in [0.29, 0.717) is 0 Å². The van der Waals surface area contributed by atoms with E-state index in [-0.39, 0.29) is 5.60 Å². The molecule has 1 aromatic rings. The molecule has 0 amide bonds. The van der Waals surface area contributed by atoms with Gasteiger partial charge in [-0.3, -0.25) is 0 Å². The molecule has 2 aliphatic rings. The summed E-state index contributed by atoms with van der Waals surface area (Å²) in [6.45, 7) is 2.83. The van der Waals surface area contributed by atoms with E-state index < -0.39 is 0 Å². The van der Waals surface area contributed by atoms with E-state index in [0.717, 1.165) is 25.6 Å². The Kier molecular flexibility index (Phi) is 1.35. The Bertz CT molecular complexity index is 302. The minimum Gasteiger partial charge on any atom is -0.371 e. The van der Waals surface area contributed by atoms with Gasteiger partial charge in [0.15, 0.2) is 0 Å². The minimum absolute atomic E-state index is 0.166. The molecule has 2 aliphatic heterocycles. The molecule has 3 rings (SSSR count). The molecule has 2 saturated heterocycles. The van der Waals surface area contributed by atoms with Crippen LogP contribution in [-0.2, 0) is 4.74 Å². The highest BCUT2D eigenvalue weighted by molar-refractivity contribution is 5.37. The lowest BCUT2D eigenvalue weighted by Crippen LogP contribution is -2.68. The number of nitrogens with zero attached hydrogens (tertiary/aromatic N) is 3. The number of rotatable bonds is 1. The lowest BCUT2D eigenvalue weighted by Gasteiger charge is -2.54. The second-order valence-corrected chi connectivity index (χ2v) is 3.69. The summed E-state index contributed by atoms with van der Waals surface area (Å²) in [7, 11) is 0. The molecule has 13 heavy (non-hydrogen) atoms. The zero-order valence-electron chi connectivity index (χ0n) is 7.31. The molecule has 0 N–H and O–H groups in total. The molecule has 4 nitrogen and oxygen atoms in total. The van der Waals surface area contributed by atoms with Crippen molar-refractivity contribution >= 4 is 5.95 Å². The lowest BCUT2D eigenvalue weighted by atomic mass is 9.87. The highest BCUT2D eigenvalue weighted by Crippen LogP contribution is 2.37. The standard InChI is InChI=1S/C9H11N3O/c1-3-10-8(11-4-1)12-6-9(7-12)2-5-13-9/h1,3-4H,2,5-7H2. The van der Waals surface area contributed by atoms with E-state index in [1.165, 1.54) is 6.42 Å². The van der Waals surface area contributed by atoms with Gasteiger partial charge in [0.05, 0.1) is 19.7 Å². The Balaban J connectivity index is 1.71. The summed E-state index contributed by atoms with van der Waals surface area (Å²) in [4.78, 5) is 10.5. The van der Waals surface area contributed by atoms with Crippen molar-refractivity contribution in [2.45, 2.75) is 12.0 Å². The predicted molar refractivity (Wildman–Crippen MR) is 47.5 cm³/mol. The number of aromatic nitrogens is 2. The van der Waals surface area contributed by atoms with Gasteiger partial charge in [-0.05, 0) is 6.07 Å². The van der Waals surface area contributed by atoms with E-state index >= 15 is 0 Å². The van der Waals surface area contributed by atoms with Crippen LogP contribution >= 0.6 is 0 Å². The lowest BCUT2D eigenvalue weighted by molar-refractivity contribution is -0.161. The van der Waals surface area contributed by atoms with Crippen LogP contribution in [0.2, 0.25) is 0 Å². The smallest absolute Gasteiger partial charge is 0.225 e. The van der Waals surface area contributed by atoms with E-state index in [9.17, 15) is 0 Å². The van der Waals surface area contributed by atoms with Crippen LogP contribution < -0.4 is 4.90 Å². The SMILES string of the molecule is c1cnc(N2CC3(CCO3)C2)nc1. The maximum atomic E-state index is 5.51. The first-order valence-corrected chi connectivity index (χ1v) is 4.54. The number of ether oxygens (including phenoxy) is 1. The number of anilines is 1. The van der Waals surface area contributed by atoms with Gasteiger partial charge in [0.25, 0.3) is 0 Å². The van der Waals surface area contributed by atoms with Crippen LogP contribution in [0.15, 0.2) is 18.5 Å². The van der Waals surface area contributed by atoms with Gasteiger partial charge in [0, 0.05) is 18.8 Å². The van der Waals surface area contributed by atoms with Crippen LogP contribution in [0.25, 0.3) is 0 Å². The van der Waals surface area contributed by atoms with Gasteiger partial charge < -0.3 is 9.64 Å². The molecule has 4 heteroatoms. The zero-order valence-corrected chi connectivity index (χ0v) is 7.31. The molecule has 0 unspecified atom stereocenters. The van der Waals surface area contributed by atoms with E-state index in [1.807, 2.05) is 6.07 Å². The average Bonchev–Trinajstić information content (AvgIpc) is 2.01. The maximum Gasteiger partial charge on any atom is 0.225 e. The Morgan fingerprint density at radius 3 is 2.54 bits per heavy atom. The van der Waals surface area contributed by atoms with Gasteiger partial charge in [-0.2, -0.15) is 0 Å². The topological polar surface area (TPSA) is 38.2 Å². The summed E-state index contributed by atoms with van der Waals surface area (Å²) >= 11 is 0. The molecule has 68 valence electrons. The molecule has 0 bridgehead atoms. The molecule has 3 heterocycles. The third-order valence-corrected chi connectivity index (χ3v) is 2.76. The summed E-state index contributed by atoms with van der Waals surface area (Å²) in [6, 6.07) is 1.83. The first-order chi connectivity index (χ1) is 6.38. The van der Waals surface area contributed by atoms with Gasteiger partial charge in [0.1, 0.15) is 5.60 Å². The summed E-state index contributed by atoms with van der Waals surface area (Å²) in [5.41, 5.74) is 0.166. The van der Waals surface area contributed by atoms with Crippen LogP contribution in [0.1, 0.15) is 6.42 Å². The van der Waals surface area contributed by atoms with E-state index in [2.05, 4.69) is 14.9 Å². The normalized spacial score (nSPS) is 23.8. The van der Waals surface area contributed by atoms with Crippen molar-refractivity contribution in [3.63, 3.8) is 0 Å². The van der Waals surface area contributed by atoms with Gasteiger partial charge in [0.2, 0.25) is 5.95 Å². The summed E-state index contributed by atoms with van der Waals surface area (Å²) < 4.78 is 5.51. The van der Waals surface area contributed by atoms with Crippen molar-refractivity contribution in [3.05, 3.63) is 18.5 Å². The molecule has 0 atom stereocenters. The predicted octanol–water partition coefficient (Wildman–Crippen LogP) is 0.456. The van der Waals surface area contributed by atoms with E-state index in [1.54, 1.807) is 12.4 Å². The van der Waals surface area contributed by atoms with Crippen molar-refractivity contribution in [2.75, 3.05) is 24.6 Å². The molecular formula is C9H11N3O. The molecule has 1 aromatic heterocycles. The van der Waals surface area contributed by atoms with Gasteiger partial charge in [-0.15, -0.1) is 0 Å². The second kappa shape index (κ2) is 2.42. The highest BCUT2D eigenvalue weighted by atomic mass is 16.5. The Morgan fingerprint density at radius 1 is 1.31 bits per heavy atom.